The fraction of sp³-hybridized carbons (Fsp3) is 0.435. The summed E-state index contributed by atoms with van der Waals surface area (Å²) in [4.78, 5) is 40.8. The fourth-order valence-electron chi connectivity index (χ4n) is 3.83. The van der Waals surface area contributed by atoms with Crippen LogP contribution in [0.25, 0.3) is 10.8 Å². The minimum absolute atomic E-state index is 0.158. The first-order valence-corrected chi connectivity index (χ1v) is 10.4. The van der Waals surface area contributed by atoms with E-state index >= 15 is 0 Å². The van der Waals surface area contributed by atoms with Crippen LogP contribution in [0.4, 0.5) is 4.79 Å². The van der Waals surface area contributed by atoms with Gasteiger partial charge >= 0.3 is 12.0 Å². The highest BCUT2D eigenvalue weighted by Crippen LogP contribution is 2.25. The summed E-state index contributed by atoms with van der Waals surface area (Å²) in [5.41, 5.74) is 1.79. The van der Waals surface area contributed by atoms with Crippen molar-refractivity contribution in [3.05, 3.63) is 48.0 Å². The lowest BCUT2D eigenvalue weighted by Gasteiger charge is -2.32. The average molecular weight is 428 g/mol. The number of amides is 3. The number of benzene rings is 2. The van der Waals surface area contributed by atoms with Crippen LogP contribution in [0.1, 0.15) is 39.2 Å². The summed E-state index contributed by atoms with van der Waals surface area (Å²) in [5.74, 6) is -1.16. The van der Waals surface area contributed by atoms with E-state index in [9.17, 15) is 14.4 Å². The van der Waals surface area contributed by atoms with Crippen molar-refractivity contribution in [3.63, 3.8) is 0 Å². The molecule has 0 aromatic heterocycles. The molecule has 1 heterocycles. The molecule has 31 heavy (non-hydrogen) atoms. The quantitative estimate of drug-likeness (QED) is 0.434. The van der Waals surface area contributed by atoms with Crippen LogP contribution < -0.4 is 5.48 Å². The van der Waals surface area contributed by atoms with Gasteiger partial charge < -0.3 is 14.5 Å². The zero-order valence-electron chi connectivity index (χ0n) is 18.1. The Morgan fingerprint density at radius 1 is 1.16 bits per heavy atom. The maximum atomic E-state index is 13.4. The first-order chi connectivity index (χ1) is 14.7. The van der Waals surface area contributed by atoms with Crippen molar-refractivity contribution in [2.45, 2.75) is 51.8 Å². The van der Waals surface area contributed by atoms with Gasteiger partial charge in [-0.05, 0) is 49.9 Å². The first kappa shape index (κ1) is 22.6. The van der Waals surface area contributed by atoms with Crippen molar-refractivity contribution in [2.75, 3.05) is 13.1 Å². The van der Waals surface area contributed by atoms with Crippen molar-refractivity contribution in [1.82, 2.24) is 15.3 Å². The monoisotopic (exact) mass is 427 g/mol. The van der Waals surface area contributed by atoms with Gasteiger partial charge in [-0.3, -0.25) is 10.0 Å². The molecule has 1 fully saturated rings. The molecule has 8 heteroatoms. The molecule has 1 unspecified atom stereocenters. The minimum Gasteiger partial charge on any atom is -0.458 e. The summed E-state index contributed by atoms with van der Waals surface area (Å²) < 4.78 is 5.49. The molecule has 0 radical (unpaired) electrons. The van der Waals surface area contributed by atoms with E-state index < -0.39 is 29.6 Å². The van der Waals surface area contributed by atoms with Gasteiger partial charge in [-0.1, -0.05) is 42.5 Å². The molecule has 1 atom stereocenters. The van der Waals surface area contributed by atoms with Crippen molar-refractivity contribution >= 4 is 28.7 Å². The number of likely N-dealkylation sites (tertiary alicyclic amines) is 1. The van der Waals surface area contributed by atoms with Crippen LogP contribution in [-0.2, 0) is 20.9 Å². The summed E-state index contributed by atoms with van der Waals surface area (Å²) in [6, 6.07) is 12.4. The Kier molecular flexibility index (Phi) is 6.80. The van der Waals surface area contributed by atoms with Gasteiger partial charge in [-0.2, -0.15) is 0 Å². The number of esters is 1. The highest BCUT2D eigenvalue weighted by molar-refractivity contribution is 5.89. The van der Waals surface area contributed by atoms with Gasteiger partial charge in [-0.25, -0.2) is 15.1 Å². The van der Waals surface area contributed by atoms with E-state index in [2.05, 4.69) is 0 Å². The second kappa shape index (κ2) is 9.34. The molecule has 2 aromatic carbocycles. The van der Waals surface area contributed by atoms with E-state index in [-0.39, 0.29) is 13.1 Å². The zero-order chi connectivity index (χ0) is 22.6. The van der Waals surface area contributed by atoms with Gasteiger partial charge in [0.1, 0.15) is 18.2 Å². The summed E-state index contributed by atoms with van der Waals surface area (Å²) >= 11 is 0. The SMILES string of the molecule is CC(C)(C)OC(=O)C1CCCN1C(=O)N(CC(=O)NO)Cc1cccc2ccccc12. The Morgan fingerprint density at radius 3 is 2.58 bits per heavy atom. The van der Waals surface area contributed by atoms with Crippen LogP contribution in [0.2, 0.25) is 0 Å². The number of hydrogen-bond donors (Lipinski definition) is 2. The second-order valence-electron chi connectivity index (χ2n) is 8.70. The lowest BCUT2D eigenvalue weighted by Crippen LogP contribution is -2.51. The third-order valence-electron chi connectivity index (χ3n) is 5.15. The molecule has 1 aliphatic rings. The van der Waals surface area contributed by atoms with Crippen molar-refractivity contribution in [1.29, 1.82) is 0 Å². The van der Waals surface area contributed by atoms with Crippen LogP contribution in [0.5, 0.6) is 0 Å². The third-order valence-corrected chi connectivity index (χ3v) is 5.15. The largest absolute Gasteiger partial charge is 0.458 e. The molecule has 1 saturated heterocycles. The molecule has 166 valence electrons. The first-order valence-electron chi connectivity index (χ1n) is 10.4. The van der Waals surface area contributed by atoms with Crippen LogP contribution >= 0.6 is 0 Å². The number of urea groups is 1. The molecule has 3 rings (SSSR count). The van der Waals surface area contributed by atoms with E-state index in [1.807, 2.05) is 42.5 Å². The number of rotatable bonds is 5. The van der Waals surface area contributed by atoms with Gasteiger partial charge in [-0.15, -0.1) is 0 Å². The lowest BCUT2D eigenvalue weighted by molar-refractivity contribution is -0.159. The van der Waals surface area contributed by atoms with Crippen LogP contribution in [0.3, 0.4) is 0 Å². The van der Waals surface area contributed by atoms with Crippen molar-refractivity contribution in [3.8, 4) is 0 Å². The lowest BCUT2D eigenvalue weighted by atomic mass is 10.0. The van der Waals surface area contributed by atoms with Crippen molar-refractivity contribution in [2.24, 2.45) is 0 Å². The molecule has 0 bridgehead atoms. The highest BCUT2D eigenvalue weighted by atomic mass is 16.6. The van der Waals surface area contributed by atoms with Gasteiger partial charge in [0, 0.05) is 13.1 Å². The smallest absolute Gasteiger partial charge is 0.329 e. The van der Waals surface area contributed by atoms with E-state index in [1.165, 1.54) is 9.80 Å². The number of hydrogen-bond acceptors (Lipinski definition) is 5. The molecule has 0 saturated carbocycles. The standard InChI is InChI=1S/C23H29N3O5/c1-23(2,3)31-21(28)19-12-7-13-26(19)22(29)25(15-20(27)24-30)14-17-10-6-9-16-8-4-5-11-18(16)17/h4-6,8-11,19,30H,7,12-15H2,1-3H3,(H,24,27). The molecule has 3 amide bonds. The van der Waals surface area contributed by atoms with E-state index in [4.69, 9.17) is 9.94 Å². The molecule has 0 spiro atoms. The number of carbonyl (C=O) groups excluding carboxylic acids is 3. The van der Waals surface area contributed by atoms with Crippen molar-refractivity contribution < 1.29 is 24.3 Å². The van der Waals surface area contributed by atoms with Gasteiger partial charge in [0.25, 0.3) is 5.91 Å². The second-order valence-corrected chi connectivity index (χ2v) is 8.70. The number of hydroxylamine groups is 1. The Balaban J connectivity index is 1.86. The minimum atomic E-state index is -0.707. The number of fused-ring (bicyclic) bond motifs is 1. The molecule has 8 nitrogen and oxygen atoms in total. The fourth-order valence-corrected chi connectivity index (χ4v) is 3.83. The molecule has 0 aliphatic carbocycles. The summed E-state index contributed by atoms with van der Waals surface area (Å²) in [6.45, 7) is 5.57. The zero-order valence-corrected chi connectivity index (χ0v) is 18.1. The number of carbonyl (C=O) groups is 3. The van der Waals surface area contributed by atoms with E-state index in [0.29, 0.717) is 19.4 Å². The van der Waals surface area contributed by atoms with Crippen LogP contribution in [0.15, 0.2) is 42.5 Å². The van der Waals surface area contributed by atoms with Gasteiger partial charge in [0.05, 0.1) is 0 Å². The van der Waals surface area contributed by atoms with Gasteiger partial charge in [0.2, 0.25) is 0 Å². The Morgan fingerprint density at radius 2 is 1.87 bits per heavy atom. The number of nitrogens with one attached hydrogen (secondary N) is 1. The maximum absolute atomic E-state index is 13.4. The maximum Gasteiger partial charge on any atom is 0.329 e. The predicted molar refractivity (Wildman–Crippen MR) is 115 cm³/mol. The number of ether oxygens (including phenoxy) is 1. The Bertz CT molecular complexity index is 964. The number of nitrogens with zero attached hydrogens (tertiary/aromatic N) is 2. The Labute approximate surface area is 181 Å². The molecule has 2 aromatic rings. The van der Waals surface area contributed by atoms with E-state index in [0.717, 1.165) is 16.3 Å². The Hall–Kier alpha value is -3.13. The molecule has 1 aliphatic heterocycles. The molecular weight excluding hydrogens is 398 g/mol. The summed E-state index contributed by atoms with van der Waals surface area (Å²) in [5, 5.41) is 11.0. The van der Waals surface area contributed by atoms with Gasteiger partial charge in [0.15, 0.2) is 0 Å². The summed E-state index contributed by atoms with van der Waals surface area (Å²) in [7, 11) is 0. The van der Waals surface area contributed by atoms with Crippen LogP contribution in [-0.4, -0.2) is 57.6 Å². The topological polar surface area (TPSA) is 99.2 Å². The summed E-state index contributed by atoms with van der Waals surface area (Å²) in [6.07, 6.45) is 1.18. The molecular formula is C23H29N3O5. The normalized spacial score (nSPS) is 16.3. The molecule has 2 N–H and O–H groups in total. The van der Waals surface area contributed by atoms with E-state index in [1.54, 1.807) is 26.3 Å². The highest BCUT2D eigenvalue weighted by Gasteiger charge is 2.39. The van der Waals surface area contributed by atoms with Crippen LogP contribution in [0, 0.1) is 0 Å². The third kappa shape index (κ3) is 5.52. The predicted octanol–water partition coefficient (Wildman–Crippen LogP) is 3.07. The average Bonchev–Trinajstić information content (AvgIpc) is 3.21.